The third-order valence-electron chi connectivity index (χ3n) is 8.27. The van der Waals surface area contributed by atoms with Crippen molar-refractivity contribution < 1.29 is 20.4 Å². The number of phenolic OH excluding ortho intramolecular Hbond substituents is 4. The molecule has 0 amide bonds. The summed E-state index contributed by atoms with van der Waals surface area (Å²) >= 11 is 1.45. The summed E-state index contributed by atoms with van der Waals surface area (Å²) in [7, 11) is 0. The molecule has 0 bridgehead atoms. The maximum Gasteiger partial charge on any atom is 0.126 e. The molecule has 0 radical (unpaired) electrons. The number of nitrogens with one attached hydrogen (secondary N) is 1. The number of phenols is 4. The van der Waals surface area contributed by atoms with Crippen molar-refractivity contribution in [2.45, 2.75) is 60.8 Å². The summed E-state index contributed by atoms with van der Waals surface area (Å²) in [5, 5.41) is 43.9. The van der Waals surface area contributed by atoms with E-state index in [1.165, 1.54) is 16.9 Å². The van der Waals surface area contributed by atoms with Gasteiger partial charge in [-0.1, -0.05) is 6.07 Å². The quantitative estimate of drug-likeness (QED) is 0.115. The fourth-order valence-electron chi connectivity index (χ4n) is 5.43. The first-order chi connectivity index (χ1) is 20.5. The average molecular weight is 596 g/mol. The zero-order valence-corrected chi connectivity index (χ0v) is 26.1. The fraction of sp³-hybridized carbons (Fsp3) is 0.257. The molecule has 0 aliphatic heterocycles. The second kappa shape index (κ2) is 12.0. The van der Waals surface area contributed by atoms with Gasteiger partial charge in [-0.05, 0) is 113 Å². The molecule has 0 aliphatic carbocycles. The molecule has 3 aromatic carbocycles. The van der Waals surface area contributed by atoms with Gasteiger partial charge in [0.25, 0.3) is 0 Å². The number of aromatic amines is 1. The number of benzene rings is 3. The van der Waals surface area contributed by atoms with E-state index in [1.807, 2.05) is 31.2 Å². The lowest BCUT2D eigenvalue weighted by Gasteiger charge is -2.16. The molecular weight excluding hydrogens is 558 g/mol. The van der Waals surface area contributed by atoms with E-state index in [9.17, 15) is 20.4 Å². The Bertz CT molecular complexity index is 1880. The van der Waals surface area contributed by atoms with Crippen molar-refractivity contribution in [2.24, 2.45) is 0 Å². The molecule has 0 unspecified atom stereocenters. The molecule has 0 saturated heterocycles. The van der Waals surface area contributed by atoms with Crippen LogP contribution in [0.5, 0.6) is 23.0 Å². The van der Waals surface area contributed by atoms with Gasteiger partial charge in [-0.3, -0.25) is 0 Å². The third kappa shape index (κ3) is 5.88. The van der Waals surface area contributed by atoms with Crippen molar-refractivity contribution in [1.29, 1.82) is 0 Å². The van der Waals surface area contributed by atoms with E-state index >= 15 is 0 Å². The smallest absolute Gasteiger partial charge is 0.126 e. The summed E-state index contributed by atoms with van der Waals surface area (Å²) in [6.07, 6.45) is 11.1. The highest BCUT2D eigenvalue weighted by Gasteiger charge is 2.18. The van der Waals surface area contributed by atoms with Gasteiger partial charge >= 0.3 is 0 Å². The second-order valence-electron chi connectivity index (χ2n) is 11.2. The number of fused-ring (bicyclic) bond motifs is 1. The Morgan fingerprint density at radius 1 is 0.721 bits per heavy atom. The van der Waals surface area contributed by atoms with Gasteiger partial charge < -0.3 is 25.4 Å². The Morgan fingerprint density at radius 3 is 2.12 bits per heavy atom. The summed E-state index contributed by atoms with van der Waals surface area (Å²) in [4.78, 5) is 13.4. The van der Waals surface area contributed by atoms with Crippen LogP contribution in [-0.2, 0) is 12.8 Å². The van der Waals surface area contributed by atoms with Gasteiger partial charge in [-0.25, -0.2) is 9.97 Å². The summed E-state index contributed by atoms with van der Waals surface area (Å²) in [5.74, 6) is 1.59. The first-order valence-corrected chi connectivity index (χ1v) is 15.1. The van der Waals surface area contributed by atoms with Crippen molar-refractivity contribution in [3.8, 4) is 23.0 Å². The van der Waals surface area contributed by atoms with E-state index in [4.69, 9.17) is 0 Å². The highest BCUT2D eigenvalue weighted by atomic mass is 32.1. The zero-order chi connectivity index (χ0) is 31.0. The standard InChI is InChI=1S/C35H37N3O4S/c1-18-10-14-28-29(16-18)38-30(37-28)9-7-8-25-21(4)33(40)23(6)27(35(25)42)12-11-24-17-36-31(43-24)15-13-26-22(5)32(39)19(2)20(3)34(26)41/h10-17,39-42H,7-9H2,1-6H3,(H,37,38)/b12-11+,15-13+. The van der Waals surface area contributed by atoms with E-state index in [2.05, 4.69) is 27.9 Å². The summed E-state index contributed by atoms with van der Waals surface area (Å²) in [6.45, 7) is 11.0. The van der Waals surface area contributed by atoms with E-state index < -0.39 is 0 Å². The molecule has 0 atom stereocenters. The molecule has 43 heavy (non-hydrogen) atoms. The molecule has 5 N–H and O–H groups in total. The molecule has 2 heterocycles. The van der Waals surface area contributed by atoms with Gasteiger partial charge in [-0.15, -0.1) is 11.3 Å². The normalized spacial score (nSPS) is 12.0. The molecule has 7 nitrogen and oxygen atoms in total. The van der Waals surface area contributed by atoms with Crippen molar-refractivity contribution in [3.63, 3.8) is 0 Å². The highest BCUT2D eigenvalue weighted by Crippen LogP contribution is 2.40. The van der Waals surface area contributed by atoms with Crippen LogP contribution in [0, 0.1) is 41.5 Å². The molecule has 5 rings (SSSR count). The lowest BCUT2D eigenvalue weighted by Crippen LogP contribution is -1.99. The topological polar surface area (TPSA) is 122 Å². The number of rotatable bonds is 8. The SMILES string of the molecule is Cc1ccc2nc(CCCc3c(C)c(O)c(C)c(/C=C/c4cnc(/C=C/c5c(C)c(O)c(C)c(C)c5O)s4)c3O)[nH]c2c1. The largest absolute Gasteiger partial charge is 0.507 e. The zero-order valence-electron chi connectivity index (χ0n) is 25.3. The Labute approximate surface area is 255 Å². The van der Waals surface area contributed by atoms with Gasteiger partial charge in [0.05, 0.1) is 11.0 Å². The fourth-order valence-corrected chi connectivity index (χ4v) is 6.15. The van der Waals surface area contributed by atoms with Crippen LogP contribution in [0.15, 0.2) is 24.4 Å². The van der Waals surface area contributed by atoms with Gasteiger partial charge in [-0.2, -0.15) is 0 Å². The predicted molar refractivity (Wildman–Crippen MR) is 176 cm³/mol. The number of hydrogen-bond donors (Lipinski definition) is 5. The maximum atomic E-state index is 11.3. The number of hydrogen-bond acceptors (Lipinski definition) is 7. The van der Waals surface area contributed by atoms with Gasteiger partial charge in [0, 0.05) is 45.3 Å². The minimum absolute atomic E-state index is 0.148. The van der Waals surface area contributed by atoms with E-state index in [0.29, 0.717) is 45.4 Å². The Hall–Kier alpha value is -4.56. The monoisotopic (exact) mass is 595 g/mol. The number of aromatic hydroxyl groups is 4. The van der Waals surface area contributed by atoms with E-state index in [-0.39, 0.29) is 23.0 Å². The van der Waals surface area contributed by atoms with Crippen LogP contribution in [0.3, 0.4) is 0 Å². The number of H-pyrrole nitrogens is 1. The first kappa shape index (κ1) is 29.9. The van der Waals surface area contributed by atoms with Gasteiger partial charge in [0.2, 0.25) is 0 Å². The number of nitrogens with zero attached hydrogens (tertiary/aromatic N) is 2. The molecule has 5 aromatic rings. The van der Waals surface area contributed by atoms with Crippen LogP contribution in [0.25, 0.3) is 35.3 Å². The second-order valence-corrected chi connectivity index (χ2v) is 12.2. The summed E-state index contributed by atoms with van der Waals surface area (Å²) in [6, 6.07) is 6.15. The van der Waals surface area contributed by atoms with Gasteiger partial charge in [0.15, 0.2) is 0 Å². The highest BCUT2D eigenvalue weighted by molar-refractivity contribution is 7.13. The lowest BCUT2D eigenvalue weighted by atomic mass is 9.93. The van der Waals surface area contributed by atoms with Crippen LogP contribution in [0.4, 0.5) is 0 Å². The van der Waals surface area contributed by atoms with Crippen LogP contribution >= 0.6 is 11.3 Å². The molecule has 0 saturated carbocycles. The summed E-state index contributed by atoms with van der Waals surface area (Å²) < 4.78 is 0. The minimum atomic E-state index is 0.148. The van der Waals surface area contributed by atoms with Crippen molar-refractivity contribution in [1.82, 2.24) is 15.0 Å². The molecule has 2 aromatic heterocycles. The Balaban J connectivity index is 1.33. The van der Waals surface area contributed by atoms with Gasteiger partial charge in [0.1, 0.15) is 33.8 Å². The molecule has 222 valence electrons. The van der Waals surface area contributed by atoms with Crippen LogP contribution in [0.1, 0.15) is 72.2 Å². The number of imidazole rings is 1. The van der Waals surface area contributed by atoms with E-state index in [1.54, 1.807) is 46.0 Å². The van der Waals surface area contributed by atoms with E-state index in [0.717, 1.165) is 45.1 Å². The minimum Gasteiger partial charge on any atom is -0.507 e. The van der Waals surface area contributed by atoms with Crippen molar-refractivity contribution in [3.05, 3.63) is 90.2 Å². The average Bonchev–Trinajstić information content (AvgIpc) is 3.61. The molecule has 8 heteroatoms. The Kier molecular flexibility index (Phi) is 8.33. The van der Waals surface area contributed by atoms with Crippen LogP contribution in [0.2, 0.25) is 0 Å². The molecule has 0 fully saturated rings. The molecular formula is C35H37N3O4S. The number of thiazole rings is 1. The lowest BCUT2D eigenvalue weighted by molar-refractivity contribution is 0.445. The van der Waals surface area contributed by atoms with Crippen LogP contribution < -0.4 is 0 Å². The Morgan fingerprint density at radius 2 is 1.37 bits per heavy atom. The first-order valence-electron chi connectivity index (χ1n) is 14.3. The maximum absolute atomic E-state index is 11.3. The summed E-state index contributed by atoms with van der Waals surface area (Å²) in [5.41, 5.74) is 8.25. The van der Waals surface area contributed by atoms with Crippen molar-refractivity contribution in [2.75, 3.05) is 0 Å². The van der Waals surface area contributed by atoms with Crippen LogP contribution in [-0.4, -0.2) is 35.4 Å². The van der Waals surface area contributed by atoms with Crippen molar-refractivity contribution >= 4 is 46.7 Å². The predicted octanol–water partition coefficient (Wildman–Crippen LogP) is 8.21. The number of aryl methyl sites for hydroxylation is 2. The molecule has 0 spiro atoms. The number of aromatic nitrogens is 3. The molecule has 0 aliphatic rings. The third-order valence-corrected chi connectivity index (χ3v) is 9.20.